The molecule has 0 saturated heterocycles. The second kappa shape index (κ2) is 14.0. The van der Waals surface area contributed by atoms with Crippen molar-refractivity contribution < 1.29 is 4.74 Å². The maximum Gasteiger partial charge on any atom is 0.206 e. The van der Waals surface area contributed by atoms with Gasteiger partial charge in [-0.25, -0.2) is 0 Å². The molecule has 0 aliphatic heterocycles. The van der Waals surface area contributed by atoms with E-state index in [2.05, 4.69) is 13.8 Å². The van der Waals surface area contributed by atoms with Gasteiger partial charge in [0.05, 0.1) is 6.10 Å². The van der Waals surface area contributed by atoms with Gasteiger partial charge in [0, 0.05) is 0 Å². The van der Waals surface area contributed by atoms with Crippen LogP contribution in [0.1, 0.15) is 84.5 Å². The van der Waals surface area contributed by atoms with E-state index in [1.54, 1.807) is 0 Å². The van der Waals surface area contributed by atoms with Crippen molar-refractivity contribution in [1.29, 1.82) is 0 Å². The minimum atomic E-state index is -0.670. The van der Waals surface area contributed by atoms with Crippen molar-refractivity contribution in [3.8, 4) is 0 Å². The normalized spacial score (nSPS) is 13.2. The Morgan fingerprint density at radius 1 is 0.722 bits per heavy atom. The van der Waals surface area contributed by atoms with Crippen LogP contribution in [0.25, 0.3) is 0 Å². The Bertz CT molecular complexity index is 163. The molecular weight excluding hydrogens is 267 g/mol. The lowest BCUT2D eigenvalue weighted by Gasteiger charge is -2.18. The van der Waals surface area contributed by atoms with Crippen LogP contribution in [-0.2, 0) is 4.74 Å². The third-order valence-corrected chi connectivity index (χ3v) is 3.51. The maximum absolute atomic E-state index is 5.69. The highest BCUT2D eigenvalue weighted by Gasteiger charge is 2.12. The summed E-state index contributed by atoms with van der Waals surface area (Å²) in [4.78, 5) is 0. The first-order valence-electron chi connectivity index (χ1n) is 7.64. The molecule has 0 aliphatic rings. The third kappa shape index (κ3) is 13.0. The number of alkyl halides is 2. The molecule has 0 N–H and O–H groups in total. The number of halogens is 2. The molecule has 0 aromatic rings. The predicted molar refractivity (Wildman–Crippen MR) is 82.5 cm³/mol. The monoisotopic (exact) mass is 296 g/mol. The van der Waals surface area contributed by atoms with Gasteiger partial charge in [-0.05, 0) is 12.8 Å². The van der Waals surface area contributed by atoms with Crippen molar-refractivity contribution in [2.75, 3.05) is 0 Å². The lowest BCUT2D eigenvalue weighted by atomic mass is 10.0. The molecule has 0 bridgehead atoms. The second-order valence-electron chi connectivity index (χ2n) is 5.07. The van der Waals surface area contributed by atoms with Crippen LogP contribution in [0.4, 0.5) is 0 Å². The largest absolute Gasteiger partial charge is 0.346 e. The molecule has 0 aliphatic carbocycles. The van der Waals surface area contributed by atoms with Crippen molar-refractivity contribution in [1.82, 2.24) is 0 Å². The summed E-state index contributed by atoms with van der Waals surface area (Å²) in [6.45, 7) is 4.45. The Morgan fingerprint density at radius 2 is 1.22 bits per heavy atom. The van der Waals surface area contributed by atoms with Crippen molar-refractivity contribution in [2.45, 2.75) is 95.6 Å². The molecule has 0 radical (unpaired) electrons. The summed E-state index contributed by atoms with van der Waals surface area (Å²) in [5, 5.41) is -0.670. The molecule has 110 valence electrons. The number of rotatable bonds is 13. The molecule has 1 nitrogen and oxygen atoms in total. The first-order chi connectivity index (χ1) is 8.70. The fourth-order valence-electron chi connectivity index (χ4n) is 2.19. The number of hydrogen-bond acceptors (Lipinski definition) is 1. The van der Waals surface area contributed by atoms with Crippen LogP contribution in [0.2, 0.25) is 0 Å². The van der Waals surface area contributed by atoms with Gasteiger partial charge in [-0.1, -0.05) is 94.8 Å². The van der Waals surface area contributed by atoms with Crippen LogP contribution in [0.5, 0.6) is 0 Å². The highest BCUT2D eigenvalue weighted by atomic mass is 35.5. The lowest BCUT2D eigenvalue weighted by Crippen LogP contribution is -2.15. The summed E-state index contributed by atoms with van der Waals surface area (Å²) >= 11 is 11.4. The topological polar surface area (TPSA) is 9.23 Å². The van der Waals surface area contributed by atoms with Gasteiger partial charge in [0.25, 0.3) is 0 Å². The van der Waals surface area contributed by atoms with Crippen LogP contribution in [0.3, 0.4) is 0 Å². The van der Waals surface area contributed by atoms with Crippen molar-refractivity contribution in [3.63, 3.8) is 0 Å². The Hall–Kier alpha value is 0.540. The van der Waals surface area contributed by atoms with E-state index in [0.29, 0.717) is 0 Å². The average molecular weight is 297 g/mol. The van der Waals surface area contributed by atoms with Crippen LogP contribution in [0, 0.1) is 0 Å². The van der Waals surface area contributed by atoms with E-state index in [1.807, 2.05) is 0 Å². The smallest absolute Gasteiger partial charge is 0.206 e. The average Bonchev–Trinajstić information content (AvgIpc) is 2.34. The van der Waals surface area contributed by atoms with Gasteiger partial charge >= 0.3 is 0 Å². The summed E-state index contributed by atoms with van der Waals surface area (Å²) in [5.41, 5.74) is 0. The SMILES string of the molecule is CCCCCCCCCC(CCCC)OC(Cl)Cl. The predicted octanol–water partition coefficient (Wildman–Crippen LogP) is 6.46. The minimum absolute atomic E-state index is 0.251. The highest BCUT2D eigenvalue weighted by Crippen LogP contribution is 2.19. The quantitative estimate of drug-likeness (QED) is 0.280. The Kier molecular flexibility index (Phi) is 14.4. The molecule has 0 aromatic carbocycles. The van der Waals surface area contributed by atoms with Crippen LogP contribution in [-0.4, -0.2) is 11.1 Å². The summed E-state index contributed by atoms with van der Waals surface area (Å²) in [6, 6.07) is 0. The molecule has 0 spiro atoms. The standard InChI is InChI=1S/C15H30Cl2O/c1-3-5-7-8-9-10-11-13-14(12-6-4-2)18-15(16)17/h14-15H,3-13H2,1-2H3. The van der Waals surface area contributed by atoms with E-state index >= 15 is 0 Å². The Labute approximate surface area is 124 Å². The van der Waals surface area contributed by atoms with Crippen molar-refractivity contribution >= 4 is 23.2 Å². The third-order valence-electron chi connectivity index (χ3n) is 3.30. The summed E-state index contributed by atoms with van der Waals surface area (Å²) in [5.74, 6) is 0. The fourth-order valence-corrected chi connectivity index (χ4v) is 2.48. The Morgan fingerprint density at radius 3 is 1.78 bits per heavy atom. The fraction of sp³-hybridized carbons (Fsp3) is 1.00. The summed E-state index contributed by atoms with van der Waals surface area (Å²) in [6.07, 6.45) is 14.2. The van der Waals surface area contributed by atoms with E-state index < -0.39 is 5.02 Å². The first kappa shape index (κ1) is 18.5. The molecule has 0 rings (SSSR count). The minimum Gasteiger partial charge on any atom is -0.346 e. The molecule has 0 fully saturated rings. The first-order valence-corrected chi connectivity index (χ1v) is 8.51. The van der Waals surface area contributed by atoms with E-state index in [-0.39, 0.29) is 6.10 Å². The van der Waals surface area contributed by atoms with Crippen LogP contribution in [0.15, 0.2) is 0 Å². The molecular formula is C15H30Cl2O. The highest BCUT2D eigenvalue weighted by molar-refractivity contribution is 6.43. The second-order valence-corrected chi connectivity index (χ2v) is 6.09. The number of hydrogen-bond donors (Lipinski definition) is 0. The number of unbranched alkanes of at least 4 members (excludes halogenated alkanes) is 7. The summed E-state index contributed by atoms with van der Waals surface area (Å²) < 4.78 is 5.53. The molecule has 0 saturated carbocycles. The molecule has 0 aromatic heterocycles. The molecule has 18 heavy (non-hydrogen) atoms. The zero-order valence-electron chi connectivity index (χ0n) is 12.1. The molecule has 1 atom stereocenters. The molecule has 3 heteroatoms. The van der Waals surface area contributed by atoms with Crippen LogP contribution >= 0.6 is 23.2 Å². The molecule has 1 unspecified atom stereocenters. The van der Waals surface area contributed by atoms with E-state index in [4.69, 9.17) is 27.9 Å². The van der Waals surface area contributed by atoms with Gasteiger partial charge < -0.3 is 4.74 Å². The lowest BCUT2D eigenvalue weighted by molar-refractivity contribution is 0.0515. The molecule has 0 heterocycles. The van der Waals surface area contributed by atoms with E-state index in [0.717, 1.165) is 12.8 Å². The zero-order valence-corrected chi connectivity index (χ0v) is 13.6. The van der Waals surface area contributed by atoms with Gasteiger partial charge in [-0.2, -0.15) is 0 Å². The maximum atomic E-state index is 5.69. The van der Waals surface area contributed by atoms with Gasteiger partial charge in [0.15, 0.2) is 0 Å². The van der Waals surface area contributed by atoms with E-state index in [9.17, 15) is 0 Å². The number of ether oxygens (including phenoxy) is 1. The van der Waals surface area contributed by atoms with Crippen molar-refractivity contribution in [2.24, 2.45) is 0 Å². The van der Waals surface area contributed by atoms with E-state index in [1.165, 1.54) is 57.8 Å². The van der Waals surface area contributed by atoms with Gasteiger partial charge in [-0.15, -0.1) is 0 Å². The van der Waals surface area contributed by atoms with Gasteiger partial charge in [0.1, 0.15) is 0 Å². The van der Waals surface area contributed by atoms with Gasteiger partial charge in [0.2, 0.25) is 5.02 Å². The van der Waals surface area contributed by atoms with Crippen molar-refractivity contribution in [3.05, 3.63) is 0 Å². The summed E-state index contributed by atoms with van der Waals surface area (Å²) in [7, 11) is 0. The van der Waals surface area contributed by atoms with Gasteiger partial charge in [-0.3, -0.25) is 0 Å². The molecule has 0 amide bonds. The van der Waals surface area contributed by atoms with Crippen LogP contribution < -0.4 is 0 Å². The Balaban J connectivity index is 3.49. The zero-order chi connectivity index (χ0) is 13.6.